The number of aryl methyl sites for hydroxylation is 1. The Morgan fingerprint density at radius 1 is 1.29 bits per heavy atom. The first-order valence-electron chi connectivity index (χ1n) is 9.18. The summed E-state index contributed by atoms with van der Waals surface area (Å²) < 4.78 is 5.86. The van der Waals surface area contributed by atoms with Gasteiger partial charge in [-0.15, -0.1) is 0 Å². The highest BCUT2D eigenvalue weighted by Crippen LogP contribution is 2.41. The van der Waals surface area contributed by atoms with Crippen LogP contribution in [-0.2, 0) is 13.0 Å². The number of hydrogen-bond donors (Lipinski definition) is 1. The zero-order valence-corrected chi connectivity index (χ0v) is 15.6. The molecule has 0 radical (unpaired) electrons. The molecule has 2 rings (SSSR count). The average Bonchev–Trinajstić information content (AvgIpc) is 2.97. The monoisotopic (exact) mass is 336 g/mol. The van der Waals surface area contributed by atoms with Gasteiger partial charge in [0.2, 0.25) is 0 Å². The van der Waals surface area contributed by atoms with Crippen molar-refractivity contribution < 1.29 is 14.3 Å². The van der Waals surface area contributed by atoms with Gasteiger partial charge in [0.25, 0.3) is 5.91 Å². The van der Waals surface area contributed by atoms with E-state index in [2.05, 4.69) is 25.7 Å². The Kier molecular flexibility index (Phi) is 6.47. The van der Waals surface area contributed by atoms with E-state index in [1.54, 1.807) is 11.9 Å². The summed E-state index contributed by atoms with van der Waals surface area (Å²) in [6.45, 7) is 9.85. The molecule has 0 saturated heterocycles. The Balaban J connectivity index is 2.10. The first kappa shape index (κ1) is 19.0. The molecular formula is C19H32N2O3. The smallest absolute Gasteiger partial charge is 0.289 e. The number of amides is 1. The van der Waals surface area contributed by atoms with Crippen LogP contribution in [-0.4, -0.2) is 54.1 Å². The molecule has 0 aliphatic heterocycles. The highest BCUT2D eigenvalue weighted by atomic mass is 16.4. The van der Waals surface area contributed by atoms with Gasteiger partial charge in [0.05, 0.1) is 6.61 Å². The summed E-state index contributed by atoms with van der Waals surface area (Å²) in [5.41, 5.74) is 1.01. The zero-order valence-electron chi connectivity index (χ0n) is 15.6. The molecule has 1 aliphatic rings. The summed E-state index contributed by atoms with van der Waals surface area (Å²) in [5, 5.41) is 9.61. The fourth-order valence-corrected chi connectivity index (χ4v) is 3.50. The van der Waals surface area contributed by atoms with Crippen molar-refractivity contribution >= 4 is 5.91 Å². The van der Waals surface area contributed by atoms with E-state index in [0.717, 1.165) is 56.6 Å². The molecule has 136 valence electrons. The maximum absolute atomic E-state index is 12.7. The van der Waals surface area contributed by atoms with Crippen molar-refractivity contribution in [3.05, 3.63) is 23.2 Å². The second kappa shape index (κ2) is 8.17. The van der Waals surface area contributed by atoms with Gasteiger partial charge >= 0.3 is 0 Å². The van der Waals surface area contributed by atoms with Gasteiger partial charge in [0.15, 0.2) is 5.76 Å². The van der Waals surface area contributed by atoms with Crippen LogP contribution in [0.3, 0.4) is 0 Å². The Labute approximate surface area is 145 Å². The SMILES string of the molecule is CCc1oc(C(=O)N(C)CC2(CO)CCC2)cc1CN(CC)CC. The Bertz CT molecular complexity index is 539. The Morgan fingerprint density at radius 3 is 2.42 bits per heavy atom. The van der Waals surface area contributed by atoms with Gasteiger partial charge in [0, 0.05) is 37.5 Å². The molecule has 1 fully saturated rings. The van der Waals surface area contributed by atoms with Crippen molar-refractivity contribution in [3.63, 3.8) is 0 Å². The number of nitrogens with zero attached hydrogens (tertiary/aromatic N) is 2. The molecule has 0 spiro atoms. The molecule has 1 aromatic rings. The molecular weight excluding hydrogens is 304 g/mol. The van der Waals surface area contributed by atoms with Crippen LogP contribution in [0.4, 0.5) is 0 Å². The number of furan rings is 1. The highest BCUT2D eigenvalue weighted by molar-refractivity contribution is 5.91. The molecule has 5 heteroatoms. The minimum Gasteiger partial charge on any atom is -0.456 e. The molecule has 24 heavy (non-hydrogen) atoms. The standard InChI is InChI=1S/C19H32N2O3/c1-5-16-15(12-21(6-2)7-3)11-17(24-16)18(23)20(4)13-19(14-22)9-8-10-19/h11,22H,5-10,12-14H2,1-4H3. The van der Waals surface area contributed by atoms with Crippen LogP contribution < -0.4 is 0 Å². The number of rotatable bonds is 9. The third-order valence-corrected chi connectivity index (χ3v) is 5.39. The third kappa shape index (κ3) is 4.01. The van der Waals surface area contributed by atoms with Crippen molar-refractivity contribution in [2.45, 2.75) is 53.0 Å². The fourth-order valence-electron chi connectivity index (χ4n) is 3.50. The summed E-state index contributed by atoms with van der Waals surface area (Å²) in [6.07, 6.45) is 3.91. The summed E-state index contributed by atoms with van der Waals surface area (Å²) in [7, 11) is 1.80. The molecule has 0 aromatic carbocycles. The zero-order chi connectivity index (χ0) is 17.7. The largest absolute Gasteiger partial charge is 0.456 e. The van der Waals surface area contributed by atoms with Gasteiger partial charge < -0.3 is 14.4 Å². The predicted octanol–water partition coefficient (Wildman–Crippen LogP) is 2.92. The van der Waals surface area contributed by atoms with Crippen molar-refractivity contribution in [3.8, 4) is 0 Å². The second-order valence-corrected chi connectivity index (χ2v) is 7.05. The Hall–Kier alpha value is -1.33. The van der Waals surface area contributed by atoms with E-state index < -0.39 is 0 Å². The van der Waals surface area contributed by atoms with Crippen molar-refractivity contribution in [1.29, 1.82) is 0 Å². The van der Waals surface area contributed by atoms with Crippen LogP contribution in [0.2, 0.25) is 0 Å². The quantitative estimate of drug-likeness (QED) is 0.753. The first-order chi connectivity index (χ1) is 11.5. The van der Waals surface area contributed by atoms with E-state index >= 15 is 0 Å². The van der Waals surface area contributed by atoms with Gasteiger partial charge in [0.1, 0.15) is 5.76 Å². The van der Waals surface area contributed by atoms with Crippen LogP contribution in [0.15, 0.2) is 10.5 Å². The number of carbonyl (C=O) groups excluding carboxylic acids is 1. The topological polar surface area (TPSA) is 56.9 Å². The summed E-state index contributed by atoms with van der Waals surface area (Å²) in [4.78, 5) is 16.7. The van der Waals surface area contributed by atoms with Gasteiger partial charge in [-0.2, -0.15) is 0 Å². The van der Waals surface area contributed by atoms with Crippen molar-refractivity contribution in [2.75, 3.05) is 33.3 Å². The van der Waals surface area contributed by atoms with Gasteiger partial charge in [-0.1, -0.05) is 27.2 Å². The van der Waals surface area contributed by atoms with E-state index in [4.69, 9.17) is 4.42 Å². The van der Waals surface area contributed by atoms with Crippen LogP contribution in [0.1, 0.15) is 61.9 Å². The van der Waals surface area contributed by atoms with Crippen LogP contribution in [0.5, 0.6) is 0 Å². The van der Waals surface area contributed by atoms with E-state index in [1.807, 2.05) is 6.07 Å². The van der Waals surface area contributed by atoms with E-state index in [9.17, 15) is 9.90 Å². The normalized spacial score (nSPS) is 16.2. The summed E-state index contributed by atoms with van der Waals surface area (Å²) >= 11 is 0. The first-order valence-corrected chi connectivity index (χ1v) is 9.18. The molecule has 1 aliphatic carbocycles. The van der Waals surface area contributed by atoms with Gasteiger partial charge in [-0.05, 0) is 32.0 Å². The van der Waals surface area contributed by atoms with Crippen LogP contribution in [0, 0.1) is 5.41 Å². The number of aliphatic hydroxyl groups is 1. The minimum absolute atomic E-state index is 0.0878. The summed E-state index contributed by atoms with van der Waals surface area (Å²) in [6, 6.07) is 1.91. The molecule has 0 bridgehead atoms. The fraction of sp³-hybridized carbons (Fsp3) is 0.737. The average molecular weight is 336 g/mol. The molecule has 1 aromatic heterocycles. The second-order valence-electron chi connectivity index (χ2n) is 7.05. The van der Waals surface area contributed by atoms with Crippen molar-refractivity contribution in [2.24, 2.45) is 5.41 Å². The van der Waals surface area contributed by atoms with E-state index in [0.29, 0.717) is 12.3 Å². The lowest BCUT2D eigenvalue weighted by Crippen LogP contribution is -2.45. The lowest BCUT2D eigenvalue weighted by Gasteiger charge is -2.42. The van der Waals surface area contributed by atoms with E-state index in [-0.39, 0.29) is 17.9 Å². The molecule has 0 unspecified atom stereocenters. The molecule has 1 amide bonds. The maximum atomic E-state index is 12.7. The predicted molar refractivity (Wildman–Crippen MR) is 95.0 cm³/mol. The van der Waals surface area contributed by atoms with Crippen LogP contribution in [0.25, 0.3) is 0 Å². The molecule has 1 N–H and O–H groups in total. The minimum atomic E-state index is -0.103. The molecule has 1 heterocycles. The lowest BCUT2D eigenvalue weighted by molar-refractivity contribution is 0.0136. The lowest BCUT2D eigenvalue weighted by atomic mass is 9.69. The Morgan fingerprint density at radius 2 is 1.96 bits per heavy atom. The summed E-state index contributed by atoms with van der Waals surface area (Å²) in [5.74, 6) is 1.23. The molecule has 5 nitrogen and oxygen atoms in total. The third-order valence-electron chi connectivity index (χ3n) is 5.39. The van der Waals surface area contributed by atoms with Crippen molar-refractivity contribution in [1.82, 2.24) is 9.80 Å². The van der Waals surface area contributed by atoms with Crippen LogP contribution >= 0.6 is 0 Å². The highest BCUT2D eigenvalue weighted by Gasteiger charge is 2.38. The molecule has 0 atom stereocenters. The number of hydrogen-bond acceptors (Lipinski definition) is 4. The number of carbonyl (C=O) groups is 1. The number of aliphatic hydroxyl groups excluding tert-OH is 1. The van der Waals surface area contributed by atoms with E-state index in [1.165, 1.54) is 0 Å². The maximum Gasteiger partial charge on any atom is 0.289 e. The molecule has 1 saturated carbocycles. The van der Waals surface area contributed by atoms with Gasteiger partial charge in [-0.3, -0.25) is 9.69 Å². The van der Waals surface area contributed by atoms with Gasteiger partial charge in [-0.25, -0.2) is 0 Å².